The predicted octanol–water partition coefficient (Wildman–Crippen LogP) is 3.80. The molecule has 1 aromatic carbocycles. The van der Waals surface area contributed by atoms with Gasteiger partial charge in [0.25, 0.3) is 0 Å². The van der Waals surface area contributed by atoms with Gasteiger partial charge in [0.2, 0.25) is 0 Å². The third-order valence-electron chi connectivity index (χ3n) is 3.83. The van der Waals surface area contributed by atoms with E-state index >= 15 is 0 Å². The van der Waals surface area contributed by atoms with Crippen molar-refractivity contribution in [2.45, 2.75) is 59.1 Å². The van der Waals surface area contributed by atoms with E-state index in [2.05, 4.69) is 45.5 Å². The molecule has 0 amide bonds. The second kappa shape index (κ2) is 14.5. The van der Waals surface area contributed by atoms with E-state index in [9.17, 15) is 4.79 Å². The fourth-order valence-corrected chi connectivity index (χ4v) is 2.45. The first-order chi connectivity index (χ1) is 12.5. The van der Waals surface area contributed by atoms with Crippen molar-refractivity contribution in [2.75, 3.05) is 20.7 Å². The number of unbranched alkanes of at least 4 members (excludes halogenated alkanes) is 2. The van der Waals surface area contributed by atoms with Gasteiger partial charge in [0.1, 0.15) is 5.75 Å². The van der Waals surface area contributed by atoms with Gasteiger partial charge in [-0.05, 0) is 45.2 Å². The van der Waals surface area contributed by atoms with Crippen LogP contribution in [0.15, 0.2) is 23.2 Å². The fraction of sp³-hybridized carbons (Fsp3) is 0.600. The zero-order chi connectivity index (χ0) is 19.4. The van der Waals surface area contributed by atoms with Crippen molar-refractivity contribution < 1.29 is 14.3 Å². The van der Waals surface area contributed by atoms with E-state index in [1.54, 1.807) is 7.05 Å². The van der Waals surface area contributed by atoms with Crippen molar-refractivity contribution in [1.29, 1.82) is 0 Å². The van der Waals surface area contributed by atoms with Gasteiger partial charge in [-0.1, -0.05) is 18.6 Å². The van der Waals surface area contributed by atoms with Gasteiger partial charge in [-0.25, -0.2) is 0 Å². The van der Waals surface area contributed by atoms with E-state index in [-0.39, 0.29) is 36.0 Å². The molecule has 0 aliphatic rings. The van der Waals surface area contributed by atoms with Crippen molar-refractivity contribution in [3.05, 3.63) is 29.3 Å². The van der Waals surface area contributed by atoms with Gasteiger partial charge < -0.3 is 20.1 Å². The summed E-state index contributed by atoms with van der Waals surface area (Å²) in [4.78, 5) is 15.3. The van der Waals surface area contributed by atoms with Gasteiger partial charge in [0.15, 0.2) is 5.96 Å². The second-order valence-corrected chi connectivity index (χ2v) is 6.52. The number of carbonyl (C=O) groups is 1. The lowest BCUT2D eigenvalue weighted by molar-refractivity contribution is -0.140. The molecular weight excluding hydrogens is 457 g/mol. The molecule has 1 rings (SSSR count). The zero-order valence-electron chi connectivity index (χ0n) is 17.1. The number of nitrogens with one attached hydrogen (secondary N) is 2. The average Bonchev–Trinajstić information content (AvgIpc) is 2.61. The number of aliphatic imine (C=N–C) groups is 1. The number of aryl methyl sites for hydroxylation is 1. The molecule has 7 heteroatoms. The van der Waals surface area contributed by atoms with Crippen molar-refractivity contribution in [3.8, 4) is 5.75 Å². The number of benzene rings is 1. The first kappa shape index (κ1) is 25.5. The number of methoxy groups -OCH3 is 1. The second-order valence-electron chi connectivity index (χ2n) is 6.52. The molecule has 0 saturated heterocycles. The molecule has 0 radical (unpaired) electrons. The molecule has 0 fully saturated rings. The van der Waals surface area contributed by atoms with Crippen molar-refractivity contribution >= 4 is 35.9 Å². The average molecular weight is 491 g/mol. The highest BCUT2D eigenvalue weighted by molar-refractivity contribution is 14.0. The minimum absolute atomic E-state index is 0. The third-order valence-corrected chi connectivity index (χ3v) is 3.83. The third kappa shape index (κ3) is 11.0. The van der Waals surface area contributed by atoms with Crippen LogP contribution < -0.4 is 15.4 Å². The molecule has 0 spiro atoms. The Kier molecular flexibility index (Phi) is 13.7. The lowest BCUT2D eigenvalue weighted by Crippen LogP contribution is -2.37. The van der Waals surface area contributed by atoms with Crippen LogP contribution in [-0.4, -0.2) is 38.7 Å². The monoisotopic (exact) mass is 491 g/mol. The Morgan fingerprint density at radius 3 is 2.56 bits per heavy atom. The number of hydrogen-bond donors (Lipinski definition) is 2. The number of rotatable bonds is 10. The summed E-state index contributed by atoms with van der Waals surface area (Å²) in [6.45, 7) is 7.57. The molecule has 2 N–H and O–H groups in total. The number of guanidine groups is 1. The van der Waals surface area contributed by atoms with Crippen LogP contribution in [0.3, 0.4) is 0 Å². The van der Waals surface area contributed by atoms with Gasteiger partial charge in [-0.15, -0.1) is 24.0 Å². The summed E-state index contributed by atoms with van der Waals surface area (Å²) in [6, 6.07) is 6.23. The molecule has 0 unspecified atom stereocenters. The molecule has 0 heterocycles. The molecule has 0 aliphatic carbocycles. The minimum Gasteiger partial charge on any atom is -0.491 e. The molecular formula is C20H34IN3O3. The highest BCUT2D eigenvalue weighted by Crippen LogP contribution is 2.21. The van der Waals surface area contributed by atoms with Crippen LogP contribution in [0.25, 0.3) is 0 Å². The van der Waals surface area contributed by atoms with E-state index in [1.807, 2.05) is 13.8 Å². The van der Waals surface area contributed by atoms with Gasteiger partial charge >= 0.3 is 5.97 Å². The molecule has 0 atom stereocenters. The summed E-state index contributed by atoms with van der Waals surface area (Å²) in [7, 11) is 3.18. The number of nitrogens with zero attached hydrogens (tertiary/aromatic N) is 1. The predicted molar refractivity (Wildman–Crippen MR) is 121 cm³/mol. The zero-order valence-corrected chi connectivity index (χ0v) is 19.5. The Labute approximate surface area is 180 Å². The van der Waals surface area contributed by atoms with Crippen LogP contribution in [0.5, 0.6) is 5.75 Å². The maximum Gasteiger partial charge on any atom is 0.305 e. The van der Waals surface area contributed by atoms with Crippen LogP contribution in [0.2, 0.25) is 0 Å². The molecule has 27 heavy (non-hydrogen) atoms. The highest BCUT2D eigenvalue weighted by atomic mass is 127. The van der Waals surface area contributed by atoms with E-state index in [0.717, 1.165) is 43.1 Å². The summed E-state index contributed by atoms with van der Waals surface area (Å²) in [5.41, 5.74) is 2.28. The van der Waals surface area contributed by atoms with Crippen LogP contribution in [0.4, 0.5) is 0 Å². The summed E-state index contributed by atoms with van der Waals surface area (Å²) in [5, 5.41) is 6.62. The number of esters is 1. The number of carbonyl (C=O) groups excluding carboxylic acids is 1. The van der Waals surface area contributed by atoms with Gasteiger partial charge in [-0.3, -0.25) is 9.79 Å². The van der Waals surface area contributed by atoms with E-state index in [0.29, 0.717) is 13.0 Å². The van der Waals surface area contributed by atoms with Crippen LogP contribution in [0, 0.1) is 6.92 Å². The summed E-state index contributed by atoms with van der Waals surface area (Å²) in [6.07, 6.45) is 3.42. The fourth-order valence-electron chi connectivity index (χ4n) is 2.45. The van der Waals surface area contributed by atoms with E-state index < -0.39 is 0 Å². The van der Waals surface area contributed by atoms with Crippen LogP contribution in [-0.2, 0) is 16.1 Å². The van der Waals surface area contributed by atoms with E-state index in [4.69, 9.17) is 4.74 Å². The first-order valence-electron chi connectivity index (χ1n) is 9.23. The Morgan fingerprint density at radius 1 is 1.19 bits per heavy atom. The minimum atomic E-state index is -0.145. The molecule has 0 aliphatic heterocycles. The highest BCUT2D eigenvalue weighted by Gasteiger charge is 2.07. The Hall–Kier alpha value is -1.51. The molecule has 0 bridgehead atoms. The SMILES string of the molecule is CN=C(NCCCCCC(=O)OC)NCc1ccc(C)cc1OC(C)C.I. The Balaban J connectivity index is 0.00000676. The maximum absolute atomic E-state index is 11.1. The quantitative estimate of drug-likeness (QED) is 0.171. The molecule has 154 valence electrons. The van der Waals surface area contributed by atoms with Crippen LogP contribution in [0.1, 0.15) is 50.7 Å². The summed E-state index contributed by atoms with van der Waals surface area (Å²) in [5.74, 6) is 1.52. The smallest absolute Gasteiger partial charge is 0.305 e. The van der Waals surface area contributed by atoms with Crippen LogP contribution >= 0.6 is 24.0 Å². The van der Waals surface area contributed by atoms with Crippen molar-refractivity contribution in [3.63, 3.8) is 0 Å². The van der Waals surface area contributed by atoms with Gasteiger partial charge in [-0.2, -0.15) is 0 Å². The summed E-state index contributed by atoms with van der Waals surface area (Å²) >= 11 is 0. The molecule has 6 nitrogen and oxygen atoms in total. The number of halogens is 1. The van der Waals surface area contributed by atoms with Gasteiger partial charge in [0, 0.05) is 32.1 Å². The molecule has 0 saturated carbocycles. The molecule has 1 aromatic rings. The van der Waals surface area contributed by atoms with E-state index in [1.165, 1.54) is 12.7 Å². The largest absolute Gasteiger partial charge is 0.491 e. The Bertz CT molecular complexity index is 592. The lowest BCUT2D eigenvalue weighted by atomic mass is 10.1. The van der Waals surface area contributed by atoms with Crippen molar-refractivity contribution in [2.24, 2.45) is 4.99 Å². The standard InChI is InChI=1S/C20H33N3O3.HI/c1-15(2)26-18-13-16(3)10-11-17(18)14-23-20(21-4)22-12-8-6-7-9-19(24)25-5;/h10-11,13,15H,6-9,12,14H2,1-5H3,(H2,21,22,23);1H. The first-order valence-corrected chi connectivity index (χ1v) is 9.23. The Morgan fingerprint density at radius 2 is 1.93 bits per heavy atom. The normalized spacial score (nSPS) is 11.0. The van der Waals surface area contributed by atoms with Gasteiger partial charge in [0.05, 0.1) is 13.2 Å². The van der Waals surface area contributed by atoms with Crippen molar-refractivity contribution in [1.82, 2.24) is 10.6 Å². The lowest BCUT2D eigenvalue weighted by Gasteiger charge is -2.17. The number of hydrogen-bond acceptors (Lipinski definition) is 4. The number of ether oxygens (including phenoxy) is 2. The summed E-state index contributed by atoms with van der Waals surface area (Å²) < 4.78 is 10.5. The topological polar surface area (TPSA) is 72.0 Å². The molecule has 0 aromatic heterocycles. The maximum atomic E-state index is 11.1.